The minimum atomic E-state index is 0.192. The first-order chi connectivity index (χ1) is 9.28. The molecule has 3 aliphatic rings. The molecule has 0 radical (unpaired) electrons. The van der Waals surface area contributed by atoms with Crippen LogP contribution in [0, 0.1) is 5.92 Å². The fourth-order valence-electron chi connectivity index (χ4n) is 3.59. The van der Waals surface area contributed by atoms with Gasteiger partial charge in [0.05, 0.1) is 18.6 Å². The van der Waals surface area contributed by atoms with Gasteiger partial charge in [0.1, 0.15) is 0 Å². The van der Waals surface area contributed by atoms with Crippen molar-refractivity contribution in [2.24, 2.45) is 5.92 Å². The summed E-state index contributed by atoms with van der Waals surface area (Å²) in [5, 5.41) is 3.48. The Bertz CT molecular complexity index is 337. The Morgan fingerprint density at radius 1 is 1.42 bits per heavy atom. The summed E-state index contributed by atoms with van der Waals surface area (Å²) < 4.78 is 5.82. The van der Waals surface area contributed by atoms with Gasteiger partial charge in [0.25, 0.3) is 0 Å². The third kappa shape index (κ3) is 2.78. The fraction of sp³-hybridized carbons (Fsp3) is 0.929. The van der Waals surface area contributed by atoms with Crippen molar-refractivity contribution in [2.75, 3.05) is 45.9 Å². The highest BCUT2D eigenvalue weighted by Gasteiger charge is 2.42. The van der Waals surface area contributed by atoms with Gasteiger partial charge in [-0.05, 0) is 25.9 Å². The second-order valence-corrected chi connectivity index (χ2v) is 5.94. The van der Waals surface area contributed by atoms with Crippen LogP contribution in [0.5, 0.6) is 0 Å². The Hall–Kier alpha value is -0.650. The zero-order valence-electron chi connectivity index (χ0n) is 11.8. The number of hydrogen-bond donors (Lipinski definition) is 1. The van der Waals surface area contributed by atoms with E-state index in [0.29, 0.717) is 11.9 Å². The van der Waals surface area contributed by atoms with Crippen molar-refractivity contribution in [3.63, 3.8) is 0 Å². The van der Waals surface area contributed by atoms with Gasteiger partial charge in [-0.15, -0.1) is 0 Å². The first-order valence-electron chi connectivity index (χ1n) is 7.64. The molecule has 0 aliphatic carbocycles. The zero-order chi connectivity index (χ0) is 13.2. The minimum Gasteiger partial charge on any atom is -0.374 e. The molecular weight excluding hydrogens is 242 g/mol. The summed E-state index contributed by atoms with van der Waals surface area (Å²) in [5.41, 5.74) is 0. The third-order valence-electron chi connectivity index (χ3n) is 4.72. The van der Waals surface area contributed by atoms with Crippen LogP contribution in [0.15, 0.2) is 0 Å². The molecule has 3 unspecified atom stereocenters. The second kappa shape index (κ2) is 5.77. The van der Waals surface area contributed by atoms with E-state index in [1.165, 1.54) is 0 Å². The molecule has 0 aromatic heterocycles. The van der Waals surface area contributed by atoms with E-state index in [4.69, 9.17) is 4.74 Å². The van der Waals surface area contributed by atoms with Crippen LogP contribution in [0.2, 0.25) is 0 Å². The van der Waals surface area contributed by atoms with Crippen LogP contribution in [-0.4, -0.2) is 73.7 Å². The number of piperidine rings is 1. The predicted octanol–water partition coefficient (Wildman–Crippen LogP) is -0.0825. The summed E-state index contributed by atoms with van der Waals surface area (Å²) >= 11 is 0. The average Bonchev–Trinajstić information content (AvgIpc) is 2.76. The number of hydrogen-bond acceptors (Lipinski definition) is 4. The molecule has 1 N–H and O–H groups in total. The summed E-state index contributed by atoms with van der Waals surface area (Å²) in [7, 11) is 0. The summed E-state index contributed by atoms with van der Waals surface area (Å²) in [6.45, 7) is 8.73. The van der Waals surface area contributed by atoms with Gasteiger partial charge >= 0.3 is 0 Å². The van der Waals surface area contributed by atoms with Gasteiger partial charge in [-0.1, -0.05) is 6.92 Å². The molecular formula is C14H25N3O2. The van der Waals surface area contributed by atoms with Crippen LogP contribution in [0.25, 0.3) is 0 Å². The molecule has 3 rings (SSSR count). The Kier molecular flexibility index (Phi) is 4.05. The van der Waals surface area contributed by atoms with Crippen molar-refractivity contribution < 1.29 is 9.53 Å². The average molecular weight is 267 g/mol. The molecule has 19 heavy (non-hydrogen) atoms. The minimum absolute atomic E-state index is 0.192. The van der Waals surface area contributed by atoms with Gasteiger partial charge in [-0.3, -0.25) is 9.69 Å². The molecule has 0 aromatic rings. The largest absolute Gasteiger partial charge is 0.374 e. The molecule has 1 amide bonds. The van der Waals surface area contributed by atoms with Gasteiger partial charge in [0.2, 0.25) is 5.91 Å². The van der Waals surface area contributed by atoms with Crippen molar-refractivity contribution >= 4 is 5.91 Å². The highest BCUT2D eigenvalue weighted by atomic mass is 16.5. The van der Waals surface area contributed by atoms with Gasteiger partial charge < -0.3 is 15.0 Å². The van der Waals surface area contributed by atoms with Crippen LogP contribution in [0.1, 0.15) is 19.8 Å². The maximum Gasteiger partial charge on any atom is 0.227 e. The normalized spacial score (nSPS) is 36.6. The van der Waals surface area contributed by atoms with E-state index in [1.807, 2.05) is 4.90 Å². The van der Waals surface area contributed by atoms with E-state index in [2.05, 4.69) is 17.1 Å². The lowest BCUT2D eigenvalue weighted by atomic mass is 9.94. The SMILES string of the molecule is CCN1CCOC(CN2CC3NCCCC3C2=O)C1. The molecule has 3 atom stereocenters. The smallest absolute Gasteiger partial charge is 0.227 e. The standard InChI is InChI=1S/C14H25N3O2/c1-2-16-6-7-19-11(8-16)9-17-10-13-12(14(17)18)4-3-5-15-13/h11-13,15H,2-10H2,1H3. The van der Waals surface area contributed by atoms with Crippen LogP contribution in [-0.2, 0) is 9.53 Å². The van der Waals surface area contributed by atoms with Crippen LogP contribution >= 0.6 is 0 Å². The van der Waals surface area contributed by atoms with Crippen LogP contribution in [0.4, 0.5) is 0 Å². The number of fused-ring (bicyclic) bond motifs is 1. The summed E-state index contributed by atoms with van der Waals surface area (Å²) in [6, 6.07) is 0.382. The molecule has 0 saturated carbocycles. The van der Waals surface area contributed by atoms with E-state index in [1.54, 1.807) is 0 Å². The number of likely N-dealkylation sites (tertiary alicyclic amines) is 1. The Morgan fingerprint density at radius 2 is 2.32 bits per heavy atom. The molecule has 3 aliphatic heterocycles. The number of amides is 1. The van der Waals surface area contributed by atoms with Gasteiger partial charge in [0.15, 0.2) is 0 Å². The zero-order valence-corrected chi connectivity index (χ0v) is 11.8. The third-order valence-corrected chi connectivity index (χ3v) is 4.72. The number of rotatable bonds is 3. The lowest BCUT2D eigenvalue weighted by molar-refractivity contribution is -0.134. The molecule has 0 aromatic carbocycles. The van der Waals surface area contributed by atoms with E-state index in [0.717, 1.165) is 58.7 Å². The number of carbonyl (C=O) groups is 1. The topological polar surface area (TPSA) is 44.8 Å². The number of morpholine rings is 1. The summed E-state index contributed by atoms with van der Waals surface area (Å²) in [6.07, 6.45) is 2.38. The molecule has 3 fully saturated rings. The van der Waals surface area contributed by atoms with Crippen molar-refractivity contribution in [2.45, 2.75) is 31.9 Å². The first kappa shape index (κ1) is 13.3. The van der Waals surface area contributed by atoms with Crippen molar-refractivity contribution in [1.82, 2.24) is 15.1 Å². The number of nitrogens with zero attached hydrogens (tertiary/aromatic N) is 2. The van der Waals surface area contributed by atoms with Gasteiger partial charge in [-0.25, -0.2) is 0 Å². The monoisotopic (exact) mass is 267 g/mol. The van der Waals surface area contributed by atoms with Crippen molar-refractivity contribution in [3.8, 4) is 0 Å². The Labute approximate surface area is 115 Å². The lowest BCUT2D eigenvalue weighted by Gasteiger charge is -2.34. The highest BCUT2D eigenvalue weighted by Crippen LogP contribution is 2.26. The van der Waals surface area contributed by atoms with Gasteiger partial charge in [0, 0.05) is 32.2 Å². The number of nitrogens with one attached hydrogen (secondary N) is 1. The number of likely N-dealkylation sites (N-methyl/N-ethyl adjacent to an activating group) is 1. The van der Waals surface area contributed by atoms with Crippen LogP contribution < -0.4 is 5.32 Å². The second-order valence-electron chi connectivity index (χ2n) is 5.94. The molecule has 108 valence electrons. The maximum absolute atomic E-state index is 12.4. The molecule has 5 heteroatoms. The molecule has 0 spiro atoms. The van der Waals surface area contributed by atoms with E-state index in [9.17, 15) is 4.79 Å². The van der Waals surface area contributed by atoms with Crippen LogP contribution in [0.3, 0.4) is 0 Å². The summed E-state index contributed by atoms with van der Waals surface area (Å²) in [4.78, 5) is 16.8. The highest BCUT2D eigenvalue weighted by molar-refractivity contribution is 5.82. The van der Waals surface area contributed by atoms with Crippen molar-refractivity contribution in [3.05, 3.63) is 0 Å². The maximum atomic E-state index is 12.4. The number of ether oxygens (including phenoxy) is 1. The Morgan fingerprint density at radius 3 is 3.11 bits per heavy atom. The quantitative estimate of drug-likeness (QED) is 0.777. The van der Waals surface area contributed by atoms with Crippen molar-refractivity contribution in [1.29, 1.82) is 0 Å². The van der Waals surface area contributed by atoms with Gasteiger partial charge in [-0.2, -0.15) is 0 Å². The summed E-state index contributed by atoms with van der Waals surface area (Å²) in [5.74, 6) is 0.564. The van der Waals surface area contributed by atoms with E-state index in [-0.39, 0.29) is 12.0 Å². The molecule has 3 heterocycles. The fourth-order valence-corrected chi connectivity index (χ4v) is 3.59. The number of carbonyl (C=O) groups excluding carboxylic acids is 1. The Balaban J connectivity index is 1.56. The molecule has 0 bridgehead atoms. The van der Waals surface area contributed by atoms with E-state index < -0.39 is 0 Å². The predicted molar refractivity (Wildman–Crippen MR) is 72.9 cm³/mol. The van der Waals surface area contributed by atoms with E-state index >= 15 is 0 Å². The lowest BCUT2D eigenvalue weighted by Crippen LogP contribution is -2.48. The molecule has 5 nitrogen and oxygen atoms in total. The first-order valence-corrected chi connectivity index (χ1v) is 7.64. The molecule has 3 saturated heterocycles.